The van der Waals surface area contributed by atoms with Gasteiger partial charge in [-0.3, -0.25) is 4.90 Å². The van der Waals surface area contributed by atoms with Crippen molar-refractivity contribution in [2.75, 3.05) is 13.1 Å². The van der Waals surface area contributed by atoms with E-state index >= 15 is 0 Å². The number of aliphatic hydroxyl groups is 1. The lowest BCUT2D eigenvalue weighted by atomic mass is 9.88. The Labute approximate surface area is 62.8 Å². The van der Waals surface area contributed by atoms with Crippen LogP contribution >= 0.6 is 0 Å². The second kappa shape index (κ2) is 3.35. The molecular formula is C8H17NO. The number of nitrogens with zero attached hydrogens (tertiary/aromatic N) is 1. The molecule has 0 bridgehead atoms. The maximum Gasteiger partial charge on any atom is 0.0696 e. The van der Waals surface area contributed by atoms with Gasteiger partial charge in [0.25, 0.3) is 0 Å². The van der Waals surface area contributed by atoms with Crippen molar-refractivity contribution < 1.29 is 5.11 Å². The van der Waals surface area contributed by atoms with Gasteiger partial charge < -0.3 is 5.11 Å². The van der Waals surface area contributed by atoms with E-state index in [4.69, 9.17) is 0 Å². The van der Waals surface area contributed by atoms with Crippen molar-refractivity contribution >= 4 is 0 Å². The molecule has 0 saturated heterocycles. The van der Waals surface area contributed by atoms with Gasteiger partial charge in [-0.2, -0.15) is 0 Å². The average Bonchev–Trinajstić information content (AvgIpc) is 1.96. The summed E-state index contributed by atoms with van der Waals surface area (Å²) in [4.78, 5) is 2.33. The molecule has 60 valence electrons. The summed E-state index contributed by atoms with van der Waals surface area (Å²) in [6.07, 6.45) is 2.14. The lowest BCUT2D eigenvalue weighted by Crippen LogP contribution is -2.50. The highest BCUT2D eigenvalue weighted by Crippen LogP contribution is 2.24. The summed E-state index contributed by atoms with van der Waals surface area (Å²) in [6, 6.07) is 0.468. The maximum atomic E-state index is 9.30. The summed E-state index contributed by atoms with van der Waals surface area (Å²) in [5.74, 6) is 0. The highest BCUT2D eigenvalue weighted by molar-refractivity contribution is 4.87. The standard InChI is InChI=1S/C8H17NO/c1-3-9(4-2)7-5-6-8(7)10/h7-8,10H,3-6H2,1-2H3. The van der Waals surface area contributed by atoms with E-state index in [1.54, 1.807) is 0 Å². The molecule has 1 saturated carbocycles. The van der Waals surface area contributed by atoms with Gasteiger partial charge in [-0.25, -0.2) is 0 Å². The molecule has 2 heteroatoms. The monoisotopic (exact) mass is 143 g/mol. The summed E-state index contributed by atoms with van der Waals surface area (Å²) in [5, 5.41) is 9.30. The van der Waals surface area contributed by atoms with E-state index in [0.29, 0.717) is 6.04 Å². The van der Waals surface area contributed by atoms with Crippen LogP contribution in [0.4, 0.5) is 0 Å². The van der Waals surface area contributed by atoms with Crippen molar-refractivity contribution in [3.8, 4) is 0 Å². The fourth-order valence-corrected chi connectivity index (χ4v) is 1.58. The van der Waals surface area contributed by atoms with Crippen LogP contribution in [0.1, 0.15) is 26.7 Å². The summed E-state index contributed by atoms with van der Waals surface area (Å²) >= 11 is 0. The zero-order valence-electron chi connectivity index (χ0n) is 6.88. The van der Waals surface area contributed by atoms with Gasteiger partial charge >= 0.3 is 0 Å². The number of aliphatic hydroxyl groups excluding tert-OH is 1. The molecule has 10 heavy (non-hydrogen) atoms. The van der Waals surface area contributed by atoms with Gasteiger partial charge in [0, 0.05) is 6.04 Å². The molecule has 0 aliphatic heterocycles. The van der Waals surface area contributed by atoms with Crippen molar-refractivity contribution in [3.63, 3.8) is 0 Å². The van der Waals surface area contributed by atoms with Crippen LogP contribution in [0.25, 0.3) is 0 Å². The van der Waals surface area contributed by atoms with E-state index in [1.165, 1.54) is 6.42 Å². The molecular weight excluding hydrogens is 126 g/mol. The van der Waals surface area contributed by atoms with Crippen LogP contribution in [0.5, 0.6) is 0 Å². The third-order valence-corrected chi connectivity index (χ3v) is 2.48. The van der Waals surface area contributed by atoms with Crippen molar-refractivity contribution in [3.05, 3.63) is 0 Å². The molecule has 2 atom stereocenters. The van der Waals surface area contributed by atoms with Crippen LogP contribution < -0.4 is 0 Å². The molecule has 1 fully saturated rings. The molecule has 0 aromatic heterocycles. The minimum absolute atomic E-state index is 0.0418. The van der Waals surface area contributed by atoms with Gasteiger partial charge in [-0.1, -0.05) is 13.8 Å². The lowest BCUT2D eigenvalue weighted by Gasteiger charge is -2.40. The lowest BCUT2D eigenvalue weighted by molar-refractivity contribution is -0.0167. The number of hydrogen-bond acceptors (Lipinski definition) is 2. The van der Waals surface area contributed by atoms with Crippen molar-refractivity contribution in [1.29, 1.82) is 0 Å². The Morgan fingerprint density at radius 2 is 1.90 bits per heavy atom. The fraction of sp³-hybridized carbons (Fsp3) is 1.00. The van der Waals surface area contributed by atoms with Crippen LogP contribution in [0.15, 0.2) is 0 Å². The average molecular weight is 143 g/mol. The molecule has 0 spiro atoms. The van der Waals surface area contributed by atoms with Gasteiger partial charge in [-0.05, 0) is 25.9 Å². The maximum absolute atomic E-state index is 9.30. The third-order valence-electron chi connectivity index (χ3n) is 2.48. The molecule has 1 aliphatic rings. The topological polar surface area (TPSA) is 23.5 Å². The first kappa shape index (κ1) is 8.02. The van der Waals surface area contributed by atoms with E-state index in [-0.39, 0.29) is 6.10 Å². The number of rotatable bonds is 3. The highest BCUT2D eigenvalue weighted by Gasteiger charge is 2.32. The first-order chi connectivity index (χ1) is 4.79. The molecule has 0 aromatic rings. The van der Waals surface area contributed by atoms with Crippen LogP contribution in [0.2, 0.25) is 0 Å². The predicted molar refractivity (Wildman–Crippen MR) is 41.9 cm³/mol. The van der Waals surface area contributed by atoms with E-state index in [0.717, 1.165) is 19.5 Å². The van der Waals surface area contributed by atoms with Gasteiger partial charge in [-0.15, -0.1) is 0 Å². The second-order valence-electron chi connectivity index (χ2n) is 2.93. The Bertz CT molecular complexity index is 98.7. The molecule has 1 N–H and O–H groups in total. The summed E-state index contributed by atoms with van der Waals surface area (Å²) in [7, 11) is 0. The van der Waals surface area contributed by atoms with Crippen molar-refractivity contribution in [1.82, 2.24) is 4.90 Å². The van der Waals surface area contributed by atoms with Crippen LogP contribution in [0, 0.1) is 0 Å². The minimum Gasteiger partial charge on any atom is -0.391 e. The summed E-state index contributed by atoms with van der Waals surface area (Å²) in [5.41, 5.74) is 0. The largest absolute Gasteiger partial charge is 0.391 e. The number of likely N-dealkylation sites (N-methyl/N-ethyl adjacent to an activating group) is 1. The Kier molecular flexibility index (Phi) is 2.69. The molecule has 2 unspecified atom stereocenters. The van der Waals surface area contributed by atoms with Gasteiger partial charge in [0.1, 0.15) is 0 Å². The summed E-state index contributed by atoms with van der Waals surface area (Å²) < 4.78 is 0. The highest BCUT2D eigenvalue weighted by atomic mass is 16.3. The Morgan fingerprint density at radius 3 is 2.00 bits per heavy atom. The number of hydrogen-bond donors (Lipinski definition) is 1. The van der Waals surface area contributed by atoms with Crippen LogP contribution in [-0.4, -0.2) is 35.2 Å². The zero-order valence-corrected chi connectivity index (χ0v) is 6.88. The van der Waals surface area contributed by atoms with Gasteiger partial charge in [0.2, 0.25) is 0 Å². The first-order valence-electron chi connectivity index (χ1n) is 4.21. The Balaban J connectivity index is 2.31. The Morgan fingerprint density at radius 1 is 1.30 bits per heavy atom. The zero-order chi connectivity index (χ0) is 7.56. The molecule has 0 aromatic carbocycles. The summed E-state index contributed by atoms with van der Waals surface area (Å²) in [6.45, 7) is 6.43. The normalized spacial score (nSPS) is 32.4. The predicted octanol–water partition coefficient (Wildman–Crippen LogP) is 0.851. The van der Waals surface area contributed by atoms with E-state index < -0.39 is 0 Å². The fourth-order valence-electron chi connectivity index (χ4n) is 1.58. The minimum atomic E-state index is -0.0418. The van der Waals surface area contributed by atoms with Crippen LogP contribution in [-0.2, 0) is 0 Å². The SMILES string of the molecule is CCN(CC)C1CCC1O. The van der Waals surface area contributed by atoms with E-state index in [2.05, 4.69) is 18.7 Å². The first-order valence-corrected chi connectivity index (χ1v) is 4.21. The molecule has 0 amide bonds. The second-order valence-corrected chi connectivity index (χ2v) is 2.93. The van der Waals surface area contributed by atoms with Crippen LogP contribution in [0.3, 0.4) is 0 Å². The van der Waals surface area contributed by atoms with E-state index in [1.807, 2.05) is 0 Å². The molecule has 0 radical (unpaired) electrons. The molecule has 2 nitrogen and oxygen atoms in total. The van der Waals surface area contributed by atoms with Gasteiger partial charge in [0.15, 0.2) is 0 Å². The van der Waals surface area contributed by atoms with Crippen molar-refractivity contribution in [2.45, 2.75) is 38.8 Å². The Hall–Kier alpha value is -0.0800. The smallest absolute Gasteiger partial charge is 0.0696 e. The molecule has 0 heterocycles. The molecule has 1 aliphatic carbocycles. The van der Waals surface area contributed by atoms with Gasteiger partial charge in [0.05, 0.1) is 6.10 Å². The quantitative estimate of drug-likeness (QED) is 0.633. The molecule has 1 rings (SSSR count). The van der Waals surface area contributed by atoms with Crippen molar-refractivity contribution in [2.24, 2.45) is 0 Å². The van der Waals surface area contributed by atoms with E-state index in [9.17, 15) is 5.11 Å². The third kappa shape index (κ3) is 1.32.